The first-order valence-electron chi connectivity index (χ1n) is 9.01. The molecule has 0 unspecified atom stereocenters. The number of nitrogens with one attached hydrogen (secondary N) is 1. The number of aliphatic hydroxyl groups excluding tert-OH is 1. The van der Waals surface area contributed by atoms with E-state index in [2.05, 4.69) is 28.8 Å². The summed E-state index contributed by atoms with van der Waals surface area (Å²) in [5.41, 5.74) is 1.17. The van der Waals surface area contributed by atoms with Crippen LogP contribution in [0, 0.1) is 12.3 Å². The fourth-order valence-corrected chi connectivity index (χ4v) is 4.09. The van der Waals surface area contributed by atoms with Crippen LogP contribution in [0.25, 0.3) is 10.1 Å². The normalized spacial score (nSPS) is 19.2. The van der Waals surface area contributed by atoms with Gasteiger partial charge in [0.05, 0.1) is 13.2 Å². The molecule has 2 heterocycles. The van der Waals surface area contributed by atoms with E-state index < -0.39 is 6.29 Å². The van der Waals surface area contributed by atoms with Gasteiger partial charge in [0, 0.05) is 23.6 Å². The smallest absolute Gasteiger partial charge is 0.286 e. The largest absolute Gasteiger partial charge is 0.459 e. The second kappa shape index (κ2) is 9.56. The van der Waals surface area contributed by atoms with Crippen molar-refractivity contribution in [2.24, 2.45) is 0 Å². The van der Waals surface area contributed by atoms with Gasteiger partial charge in [0.2, 0.25) is 6.29 Å². The maximum atomic E-state index is 12.4. The number of allylic oxidation sites excluding steroid dienone is 1. The Morgan fingerprint density at radius 3 is 3.07 bits per heavy atom. The second-order valence-corrected chi connectivity index (χ2v) is 7.21. The molecule has 0 aliphatic carbocycles. The molecule has 0 radical (unpaired) electrons. The van der Waals surface area contributed by atoms with Gasteiger partial charge in [0.25, 0.3) is 5.91 Å². The quantitative estimate of drug-likeness (QED) is 0.541. The molecule has 5 nitrogen and oxygen atoms in total. The van der Waals surface area contributed by atoms with Crippen LogP contribution in [-0.4, -0.2) is 37.1 Å². The first-order valence-corrected chi connectivity index (χ1v) is 9.89. The molecule has 142 valence electrons. The minimum absolute atomic E-state index is 0.0179. The average molecular weight is 385 g/mol. The summed E-state index contributed by atoms with van der Waals surface area (Å²) in [6.45, 7) is 0.757. The van der Waals surface area contributed by atoms with Crippen molar-refractivity contribution >= 4 is 27.3 Å². The van der Waals surface area contributed by atoms with E-state index in [-0.39, 0.29) is 30.7 Å². The molecule has 0 saturated heterocycles. The van der Waals surface area contributed by atoms with Gasteiger partial charge in [-0.15, -0.1) is 17.8 Å². The van der Waals surface area contributed by atoms with Crippen LogP contribution >= 0.6 is 11.3 Å². The van der Waals surface area contributed by atoms with E-state index >= 15 is 0 Å². The van der Waals surface area contributed by atoms with Crippen LogP contribution in [0.15, 0.2) is 41.5 Å². The van der Waals surface area contributed by atoms with E-state index in [1.807, 2.05) is 18.2 Å². The van der Waals surface area contributed by atoms with Gasteiger partial charge < -0.3 is 19.9 Å². The molecule has 0 spiro atoms. The van der Waals surface area contributed by atoms with Gasteiger partial charge >= 0.3 is 0 Å². The number of ether oxygens (including phenoxy) is 2. The molecule has 1 aliphatic rings. The molecule has 2 aromatic rings. The van der Waals surface area contributed by atoms with Crippen molar-refractivity contribution in [3.8, 4) is 12.3 Å². The van der Waals surface area contributed by atoms with Crippen molar-refractivity contribution in [3.63, 3.8) is 0 Å². The lowest BCUT2D eigenvalue weighted by Crippen LogP contribution is -2.33. The molecule has 1 aliphatic heterocycles. The lowest BCUT2D eigenvalue weighted by atomic mass is 9.92. The summed E-state index contributed by atoms with van der Waals surface area (Å²) in [5.74, 6) is 2.32. The van der Waals surface area contributed by atoms with Crippen molar-refractivity contribution in [1.82, 2.24) is 5.32 Å². The predicted molar refractivity (Wildman–Crippen MR) is 106 cm³/mol. The van der Waals surface area contributed by atoms with Gasteiger partial charge in [0.1, 0.15) is 0 Å². The molecule has 6 heteroatoms. The number of amides is 1. The molecule has 1 aromatic heterocycles. The lowest BCUT2D eigenvalue weighted by molar-refractivity contribution is -0.146. The highest BCUT2D eigenvalue weighted by molar-refractivity contribution is 7.17. The third-order valence-corrected chi connectivity index (χ3v) is 5.38. The average Bonchev–Trinajstić information content (AvgIpc) is 3.13. The van der Waals surface area contributed by atoms with E-state index in [1.54, 1.807) is 11.3 Å². The molecule has 2 N–H and O–H groups in total. The third kappa shape index (κ3) is 4.89. The molecular formula is C21H23NO4S. The van der Waals surface area contributed by atoms with E-state index in [9.17, 15) is 4.79 Å². The molecule has 27 heavy (non-hydrogen) atoms. The first kappa shape index (κ1) is 19.4. The highest BCUT2D eigenvalue weighted by atomic mass is 32.1. The van der Waals surface area contributed by atoms with Gasteiger partial charge in [-0.05, 0) is 41.3 Å². The summed E-state index contributed by atoms with van der Waals surface area (Å²) >= 11 is 1.69. The summed E-state index contributed by atoms with van der Waals surface area (Å²) in [4.78, 5) is 12.4. The Morgan fingerprint density at radius 2 is 2.26 bits per heavy atom. The summed E-state index contributed by atoms with van der Waals surface area (Å²) in [7, 11) is 0. The number of carbonyl (C=O) groups is 1. The molecular weight excluding hydrogens is 362 g/mol. The van der Waals surface area contributed by atoms with Gasteiger partial charge in [-0.1, -0.05) is 24.1 Å². The van der Waals surface area contributed by atoms with Crippen LogP contribution in [0.1, 0.15) is 30.7 Å². The molecule has 0 bridgehead atoms. The van der Waals surface area contributed by atoms with E-state index in [0.29, 0.717) is 19.4 Å². The second-order valence-electron chi connectivity index (χ2n) is 6.30. The summed E-state index contributed by atoms with van der Waals surface area (Å²) < 4.78 is 12.8. The van der Waals surface area contributed by atoms with Crippen LogP contribution in [0.4, 0.5) is 0 Å². The Labute approximate surface area is 163 Å². The maximum absolute atomic E-state index is 12.4. The zero-order chi connectivity index (χ0) is 19.1. The number of thiophene rings is 1. The molecule has 1 aromatic carbocycles. The Morgan fingerprint density at radius 1 is 1.41 bits per heavy atom. The highest BCUT2D eigenvalue weighted by Gasteiger charge is 2.29. The summed E-state index contributed by atoms with van der Waals surface area (Å²) in [6, 6.07) is 8.23. The number of carbonyl (C=O) groups excluding carboxylic acids is 1. The summed E-state index contributed by atoms with van der Waals surface area (Å²) in [5, 5.41) is 14.9. The van der Waals surface area contributed by atoms with Crippen LogP contribution < -0.4 is 5.32 Å². The van der Waals surface area contributed by atoms with Crippen molar-refractivity contribution < 1.29 is 19.4 Å². The van der Waals surface area contributed by atoms with Gasteiger partial charge in [-0.3, -0.25) is 4.79 Å². The van der Waals surface area contributed by atoms with Crippen molar-refractivity contribution in [2.75, 3.05) is 19.8 Å². The molecule has 1 amide bonds. The van der Waals surface area contributed by atoms with Crippen LogP contribution in [0.5, 0.6) is 0 Å². The Bertz CT molecular complexity index is 851. The molecule has 2 atom stereocenters. The van der Waals surface area contributed by atoms with E-state index in [4.69, 9.17) is 21.0 Å². The number of terminal acetylenes is 1. The first-order chi connectivity index (χ1) is 13.2. The van der Waals surface area contributed by atoms with Crippen molar-refractivity contribution in [3.05, 3.63) is 47.0 Å². The standard InChI is InChI=1S/C21H23NO4S/c1-2-9-22-21(24)18-12-15(13-20(26-18)25-11-6-5-10-23)17-14-27-19-8-4-3-7-16(17)19/h1,3-4,7-8,12,14-15,20,23H,5-6,9-11,13H2,(H,22,24)/t15-,20+/m0/s1. The number of benzene rings is 1. The van der Waals surface area contributed by atoms with Gasteiger partial charge in [-0.25, -0.2) is 0 Å². The van der Waals surface area contributed by atoms with Crippen molar-refractivity contribution in [1.29, 1.82) is 0 Å². The minimum Gasteiger partial charge on any atom is -0.459 e. The zero-order valence-corrected chi connectivity index (χ0v) is 15.8. The monoisotopic (exact) mass is 385 g/mol. The van der Waals surface area contributed by atoms with E-state index in [1.165, 1.54) is 15.6 Å². The molecule has 3 rings (SSSR count). The zero-order valence-electron chi connectivity index (χ0n) is 15.0. The summed E-state index contributed by atoms with van der Waals surface area (Å²) in [6.07, 6.45) is 8.62. The predicted octanol–water partition coefficient (Wildman–Crippen LogP) is 3.15. The maximum Gasteiger partial charge on any atom is 0.286 e. The number of rotatable bonds is 8. The highest BCUT2D eigenvalue weighted by Crippen LogP contribution is 2.38. The Hall–Kier alpha value is -2.33. The lowest BCUT2D eigenvalue weighted by Gasteiger charge is -2.29. The fraction of sp³-hybridized carbons (Fsp3) is 0.381. The Balaban J connectivity index is 1.81. The van der Waals surface area contributed by atoms with E-state index in [0.717, 1.165) is 6.42 Å². The molecule has 0 fully saturated rings. The SMILES string of the molecule is C#CCNC(=O)C1=C[C@H](c2csc3ccccc23)C[C@H](OCCCCO)O1. The van der Waals surface area contributed by atoms with Crippen molar-refractivity contribution in [2.45, 2.75) is 31.5 Å². The van der Waals surface area contributed by atoms with Gasteiger partial charge in [0.15, 0.2) is 5.76 Å². The fourth-order valence-electron chi connectivity index (χ4n) is 3.07. The number of aliphatic hydroxyl groups is 1. The number of fused-ring (bicyclic) bond motifs is 1. The molecule has 0 saturated carbocycles. The van der Waals surface area contributed by atoms with Gasteiger partial charge in [-0.2, -0.15) is 0 Å². The van der Waals surface area contributed by atoms with Crippen LogP contribution in [0.3, 0.4) is 0 Å². The third-order valence-electron chi connectivity index (χ3n) is 4.40. The minimum atomic E-state index is -0.510. The topological polar surface area (TPSA) is 67.8 Å². The van der Waals surface area contributed by atoms with Crippen LogP contribution in [0.2, 0.25) is 0 Å². The van der Waals surface area contributed by atoms with Crippen LogP contribution in [-0.2, 0) is 14.3 Å². The number of hydrogen-bond donors (Lipinski definition) is 2. The number of unbranched alkanes of at least 4 members (excludes halogenated alkanes) is 1. The Kier molecular flexibility index (Phi) is 6.88. The number of hydrogen-bond acceptors (Lipinski definition) is 5.